The van der Waals surface area contributed by atoms with Crippen molar-refractivity contribution in [3.63, 3.8) is 0 Å². The Kier molecular flexibility index (Phi) is 23.8. The highest BCUT2D eigenvalue weighted by Crippen LogP contribution is 2.45. The molecule has 34 nitrogen and oxygen atoms in total. The first-order chi connectivity index (χ1) is 61.2. The van der Waals surface area contributed by atoms with Crippen molar-refractivity contribution >= 4 is 241 Å². The van der Waals surface area contributed by atoms with Crippen LogP contribution in [0.5, 0.6) is 0 Å². The van der Waals surface area contributed by atoms with Crippen molar-refractivity contribution in [2.75, 3.05) is 49.2 Å². The second-order valence-corrected chi connectivity index (χ2v) is 40.5. The lowest BCUT2D eigenvalue weighted by Gasteiger charge is -2.20. The number of hydrogen-bond donors (Lipinski definition) is 3. The second kappa shape index (κ2) is 34.6. The minimum absolute atomic E-state index is 0.00324. The fourth-order valence-corrected chi connectivity index (χ4v) is 23.7. The molecule has 5 N–H and O–H groups in total. The zero-order chi connectivity index (χ0) is 91.8. The van der Waals surface area contributed by atoms with Gasteiger partial charge in [-0.25, -0.2) is 33.7 Å². The predicted molar refractivity (Wildman–Crippen MR) is 478 cm³/mol. The first-order valence-electron chi connectivity index (χ1n) is 40.7. The Hall–Kier alpha value is -14.0. The Labute approximate surface area is 733 Å². The van der Waals surface area contributed by atoms with Crippen LogP contribution in [0.15, 0.2) is 174 Å². The predicted octanol–water partition coefficient (Wildman–Crippen LogP) is 13.5. The lowest BCUT2D eigenvalue weighted by Crippen LogP contribution is -2.35. The molecule has 5 aliphatic carbocycles. The second-order valence-electron chi connectivity index (χ2n) is 32.7. The molecule has 0 bridgehead atoms. The molecule has 0 aliphatic heterocycles. The summed E-state index contributed by atoms with van der Waals surface area (Å²) >= 11 is 0. The van der Waals surface area contributed by atoms with Crippen LogP contribution in [-0.2, 0) is 92.8 Å². The molecule has 0 saturated heterocycles. The molecule has 5 heterocycles. The van der Waals surface area contributed by atoms with Crippen LogP contribution >= 0.6 is 0 Å². The van der Waals surface area contributed by atoms with E-state index in [4.69, 9.17) is 34.1 Å². The van der Waals surface area contributed by atoms with E-state index in [0.717, 1.165) is 73.5 Å². The van der Waals surface area contributed by atoms with Gasteiger partial charge in [0.2, 0.25) is 46.0 Å². The van der Waals surface area contributed by atoms with Crippen molar-refractivity contribution in [2.24, 2.45) is 0 Å². The van der Waals surface area contributed by atoms with Crippen LogP contribution in [-0.4, -0.2) is 148 Å². The summed E-state index contributed by atoms with van der Waals surface area (Å²) in [5.41, 5.74) is 19.2. The summed E-state index contributed by atoms with van der Waals surface area (Å²) < 4.78 is 124. The van der Waals surface area contributed by atoms with Crippen molar-refractivity contribution < 1.29 is 109 Å². The van der Waals surface area contributed by atoms with Gasteiger partial charge in [-0.2, -0.15) is 7.42 Å². The van der Waals surface area contributed by atoms with Crippen molar-refractivity contribution in [3.05, 3.63) is 180 Å². The number of sulfonamides is 4. The number of hydrogen-bond acceptors (Lipinski definition) is 31. The molecular weight excluding hydrogens is 1750 g/mol. The number of carbonyl (C=O) groups excluding carboxylic acids is 11. The Morgan fingerprint density at radius 1 is 0.318 bits per heavy atom. The summed E-state index contributed by atoms with van der Waals surface area (Å²) in [6, 6.07) is 43.5. The summed E-state index contributed by atoms with van der Waals surface area (Å²) in [6.45, 7) is 1.46. The molecular formula is C91H80N10O24S4. The largest absolute Gasteiger partial charge is 0.399 e. The molecule has 5 aromatic heterocycles. The summed E-state index contributed by atoms with van der Waals surface area (Å²) in [6.07, 6.45) is 6.95. The van der Waals surface area contributed by atoms with Gasteiger partial charge in [0.25, 0.3) is 0 Å². The molecule has 1 amide bonds. The van der Waals surface area contributed by atoms with E-state index in [9.17, 15) is 86.4 Å². The molecule has 15 aromatic rings. The van der Waals surface area contributed by atoms with Crippen LogP contribution in [0.25, 0.3) is 109 Å². The molecule has 5 fully saturated rings. The van der Waals surface area contributed by atoms with E-state index in [-0.39, 0.29) is 132 Å². The Bertz CT molecular complexity index is 7410. The van der Waals surface area contributed by atoms with Crippen LogP contribution in [0.1, 0.15) is 161 Å². The van der Waals surface area contributed by atoms with Gasteiger partial charge in [-0.05, 0) is 177 Å². The van der Waals surface area contributed by atoms with Crippen molar-refractivity contribution in [3.8, 4) is 0 Å². The average Bonchev–Trinajstić information content (AvgIpc) is 1.68. The molecule has 38 heteroatoms. The van der Waals surface area contributed by atoms with Gasteiger partial charge >= 0.3 is 0 Å². The number of nitrogens with two attached hydrogens (primary N) is 2. The third kappa shape index (κ3) is 18.0. The SMILES string of the molecule is CC(=O)Nc1ccc2c(ccc3onc([C@H]4CCC(=O)CC4=O)c32)c1.CS(=O)(=O)N(c1ccc2c(ccc3onc([C@@H]4CCC(=O)CC4=O)c32)c1)S(C)(=O)=O.CS(=O)(=O)N(c1ccc2c(ccc3onc([C@H]4CCC(=O)CC4=O)c32)c1)S(C)(=O)=O.Nc1ccc2c(ccc3onc([C@@H]4CCC(=O)CC4=O)c32)c1.Nc1ccc2c(ccc3onc([C@H]4CCC(=O)CC4=O)c32)c1. The van der Waals surface area contributed by atoms with Crippen LogP contribution in [0, 0.1) is 0 Å². The average molecular weight is 1830 g/mol. The number of benzene rings is 10. The van der Waals surface area contributed by atoms with Gasteiger partial charge < -0.3 is 39.4 Å². The summed E-state index contributed by atoms with van der Waals surface area (Å²) in [5.74, 6) is -3.23. The lowest BCUT2D eigenvalue weighted by molar-refractivity contribution is -0.132. The molecule has 5 atom stereocenters. The molecule has 662 valence electrons. The molecule has 20 rings (SSSR count). The molecule has 5 aliphatic rings. The van der Waals surface area contributed by atoms with E-state index in [1.807, 2.05) is 91.0 Å². The maximum atomic E-state index is 12.4. The van der Waals surface area contributed by atoms with Gasteiger partial charge in [0, 0.05) is 56.1 Å². The number of nitrogens with zero attached hydrogens (tertiary/aromatic N) is 7. The van der Waals surface area contributed by atoms with Crippen LogP contribution in [0.4, 0.5) is 28.4 Å². The van der Waals surface area contributed by atoms with Crippen molar-refractivity contribution in [2.45, 2.75) is 133 Å². The van der Waals surface area contributed by atoms with E-state index in [1.54, 1.807) is 36.4 Å². The third-order valence-electron chi connectivity index (χ3n) is 23.4. The smallest absolute Gasteiger partial charge is 0.245 e. The van der Waals surface area contributed by atoms with E-state index in [0.29, 0.717) is 165 Å². The van der Waals surface area contributed by atoms with Crippen molar-refractivity contribution in [1.29, 1.82) is 0 Å². The normalized spacial score (nSPS) is 18.5. The number of ketones is 10. The number of rotatable bonds is 12. The van der Waals surface area contributed by atoms with Gasteiger partial charge in [0.1, 0.15) is 86.3 Å². The number of fused-ring (bicyclic) bond motifs is 15. The molecule has 10 aromatic carbocycles. The summed E-state index contributed by atoms with van der Waals surface area (Å²) in [4.78, 5) is 130. The summed E-state index contributed by atoms with van der Waals surface area (Å²) in [5, 5.41) is 35.1. The van der Waals surface area contributed by atoms with Gasteiger partial charge in [-0.3, -0.25) is 52.7 Å². The number of carbonyl (C=O) groups is 11. The zero-order valence-electron chi connectivity index (χ0n) is 69.6. The standard InChI is InChI=1S/2C19H18N2O7S2.C19H16N2O4.2C17H14N2O3/c2*1-29(24,25)21(30(2,26)27)12-4-6-14-11(9-12)3-8-17-18(14)19(20-28-17)15-7-5-13(22)10-16(15)23;1-10(22)20-12-3-5-14-11(8-12)2-7-17-18(14)19(21-25-17)15-6-4-13(23)9-16(15)24;2*18-10-2-4-12-9(7-10)1-6-15-16(12)17(19-22-15)13-5-3-11(20)8-14(13)21/h2*3-4,6,8-9,15H,5,7,10H2,1-2H3;2-3,5,7-8,15H,4,6,9H2,1H3,(H,20,22);2*1-2,4,6-7,13H,3,5,8,18H2/t3*15-;2*13-/m10010/s1. The van der Waals surface area contributed by atoms with Crippen LogP contribution in [0.2, 0.25) is 0 Å². The lowest BCUT2D eigenvalue weighted by atomic mass is 9.83. The first kappa shape index (κ1) is 88.5. The molecule has 0 unspecified atom stereocenters. The van der Waals surface area contributed by atoms with E-state index >= 15 is 0 Å². The van der Waals surface area contributed by atoms with Gasteiger partial charge in [-0.15, -0.1) is 0 Å². The highest BCUT2D eigenvalue weighted by molar-refractivity contribution is 8.10. The molecule has 5 saturated carbocycles. The number of aromatic nitrogens is 5. The number of nitrogen functional groups attached to an aromatic ring is 2. The number of Topliss-reactive ketones (excluding diaryl/α,β-unsaturated/α-hetero) is 10. The molecule has 0 spiro atoms. The quantitative estimate of drug-likeness (QED) is 0.0755. The van der Waals surface area contributed by atoms with Gasteiger partial charge in [0.15, 0.2) is 27.9 Å². The fourth-order valence-electron chi connectivity index (χ4n) is 17.7. The Morgan fingerprint density at radius 3 is 0.775 bits per heavy atom. The van der Waals surface area contributed by atoms with E-state index in [2.05, 4.69) is 31.1 Å². The third-order valence-corrected chi connectivity index (χ3v) is 29.9. The highest BCUT2D eigenvalue weighted by Gasteiger charge is 2.39. The van der Waals surface area contributed by atoms with E-state index < -0.39 is 57.8 Å². The minimum Gasteiger partial charge on any atom is -0.399 e. The summed E-state index contributed by atoms with van der Waals surface area (Å²) in [7, 11) is -16.3. The maximum Gasteiger partial charge on any atom is 0.245 e. The Balaban J connectivity index is 0.000000119. The van der Waals surface area contributed by atoms with Crippen LogP contribution < -0.4 is 24.2 Å². The number of nitrogens with one attached hydrogen (secondary N) is 1. The number of anilines is 5. The first-order valence-corrected chi connectivity index (χ1v) is 48.1. The zero-order valence-corrected chi connectivity index (χ0v) is 72.9. The minimum atomic E-state index is -4.08. The number of amides is 1. The van der Waals surface area contributed by atoms with Gasteiger partial charge in [0.05, 0.1) is 125 Å². The fraction of sp³-hybridized carbons (Fsp3) is 0.275. The van der Waals surface area contributed by atoms with Crippen molar-refractivity contribution in [1.82, 2.24) is 25.8 Å². The Morgan fingerprint density at radius 2 is 0.543 bits per heavy atom. The maximum absolute atomic E-state index is 12.4. The topological polar surface area (TPSA) is 525 Å². The van der Waals surface area contributed by atoms with E-state index in [1.165, 1.54) is 31.2 Å². The molecule has 0 radical (unpaired) electrons. The van der Waals surface area contributed by atoms with Crippen LogP contribution in [0.3, 0.4) is 0 Å². The highest BCUT2D eigenvalue weighted by atomic mass is 32.3. The molecule has 129 heavy (non-hydrogen) atoms. The van der Waals surface area contributed by atoms with Gasteiger partial charge in [-0.1, -0.05) is 86.4 Å². The monoisotopic (exact) mass is 1820 g/mol.